The monoisotopic (exact) mass is 395 g/mol. The van der Waals surface area contributed by atoms with Crippen molar-refractivity contribution < 1.29 is 23.8 Å². The Bertz CT molecular complexity index is 979. The van der Waals surface area contributed by atoms with E-state index in [2.05, 4.69) is 5.32 Å². The second-order valence-electron chi connectivity index (χ2n) is 6.66. The average molecular weight is 395 g/mol. The molecule has 6 heteroatoms. The number of aliphatic hydroxyl groups excluding tert-OH is 1. The van der Waals surface area contributed by atoms with Gasteiger partial charge in [0.1, 0.15) is 29.6 Å². The lowest BCUT2D eigenvalue weighted by molar-refractivity contribution is 0.102. The molecule has 0 aliphatic rings. The number of methoxy groups -OCH3 is 1. The number of carbonyl (C=O) groups excluding carboxylic acids is 1. The van der Waals surface area contributed by atoms with Gasteiger partial charge in [0, 0.05) is 11.3 Å². The van der Waals surface area contributed by atoms with Crippen LogP contribution >= 0.6 is 0 Å². The predicted octanol–water partition coefficient (Wildman–Crippen LogP) is 4.88. The standard InChI is InChI=1S/C23H25NO5/c1-4-15(2)28-18-7-5-6-16(12-18)23(26)24-17-8-10-21(27-3)20(13-17)22-11-9-19(14-25)29-22/h5-13,15,25H,4,14H2,1-3H3,(H,24,26)/t15-/m1/s1. The van der Waals surface area contributed by atoms with Crippen LogP contribution in [0, 0.1) is 0 Å². The van der Waals surface area contributed by atoms with Crippen LogP contribution < -0.4 is 14.8 Å². The zero-order valence-electron chi connectivity index (χ0n) is 16.8. The van der Waals surface area contributed by atoms with Crippen molar-refractivity contribution in [2.45, 2.75) is 33.0 Å². The van der Waals surface area contributed by atoms with E-state index < -0.39 is 0 Å². The summed E-state index contributed by atoms with van der Waals surface area (Å²) in [6.45, 7) is 3.85. The molecule has 3 aromatic rings. The number of benzene rings is 2. The van der Waals surface area contributed by atoms with Gasteiger partial charge in [-0.25, -0.2) is 0 Å². The van der Waals surface area contributed by atoms with Gasteiger partial charge in [0.2, 0.25) is 0 Å². The Balaban J connectivity index is 1.82. The molecule has 2 N–H and O–H groups in total. The van der Waals surface area contributed by atoms with Crippen molar-refractivity contribution in [3.63, 3.8) is 0 Å². The van der Waals surface area contributed by atoms with Crippen LogP contribution in [0.15, 0.2) is 59.0 Å². The molecule has 0 saturated heterocycles. The van der Waals surface area contributed by atoms with E-state index in [1.54, 1.807) is 55.6 Å². The fourth-order valence-corrected chi connectivity index (χ4v) is 2.82. The molecule has 1 heterocycles. The molecule has 0 radical (unpaired) electrons. The molecule has 6 nitrogen and oxygen atoms in total. The maximum absolute atomic E-state index is 12.7. The maximum atomic E-state index is 12.7. The van der Waals surface area contributed by atoms with Gasteiger partial charge in [-0.05, 0) is 61.9 Å². The van der Waals surface area contributed by atoms with E-state index in [1.165, 1.54) is 0 Å². The lowest BCUT2D eigenvalue weighted by Gasteiger charge is -2.14. The molecule has 1 atom stereocenters. The Morgan fingerprint density at radius 2 is 2.00 bits per heavy atom. The Morgan fingerprint density at radius 3 is 2.69 bits per heavy atom. The van der Waals surface area contributed by atoms with Crippen LogP contribution in [0.25, 0.3) is 11.3 Å². The number of aliphatic hydroxyl groups is 1. The lowest BCUT2D eigenvalue weighted by atomic mass is 10.1. The molecule has 1 aromatic heterocycles. The van der Waals surface area contributed by atoms with E-state index in [9.17, 15) is 9.90 Å². The Hall–Kier alpha value is -3.25. The Kier molecular flexibility index (Phi) is 6.57. The van der Waals surface area contributed by atoms with Gasteiger partial charge in [0.15, 0.2) is 0 Å². The number of rotatable bonds is 8. The number of nitrogens with one attached hydrogen (secondary N) is 1. The number of anilines is 1. The number of amides is 1. The van der Waals surface area contributed by atoms with Crippen LogP contribution in [-0.4, -0.2) is 24.2 Å². The first-order valence-corrected chi connectivity index (χ1v) is 9.50. The minimum absolute atomic E-state index is 0.0783. The highest BCUT2D eigenvalue weighted by atomic mass is 16.5. The Labute approximate surface area is 170 Å². The van der Waals surface area contributed by atoms with Crippen LogP contribution in [0.3, 0.4) is 0 Å². The third kappa shape index (κ3) is 4.97. The summed E-state index contributed by atoms with van der Waals surface area (Å²) in [7, 11) is 1.57. The van der Waals surface area contributed by atoms with Crippen molar-refractivity contribution >= 4 is 11.6 Å². The van der Waals surface area contributed by atoms with E-state index in [0.717, 1.165) is 6.42 Å². The van der Waals surface area contributed by atoms with Crippen LogP contribution in [0.2, 0.25) is 0 Å². The van der Waals surface area contributed by atoms with Gasteiger partial charge >= 0.3 is 0 Å². The number of ether oxygens (including phenoxy) is 2. The van der Waals surface area contributed by atoms with Crippen LogP contribution in [0.1, 0.15) is 36.4 Å². The van der Waals surface area contributed by atoms with Crippen molar-refractivity contribution in [1.82, 2.24) is 0 Å². The molecule has 152 valence electrons. The summed E-state index contributed by atoms with van der Waals surface area (Å²) in [5.74, 6) is 2.02. The fraction of sp³-hybridized carbons (Fsp3) is 0.261. The average Bonchev–Trinajstić information content (AvgIpc) is 3.23. The minimum atomic E-state index is -0.244. The first kappa shape index (κ1) is 20.5. The fourth-order valence-electron chi connectivity index (χ4n) is 2.82. The molecule has 0 unspecified atom stereocenters. The lowest BCUT2D eigenvalue weighted by Crippen LogP contribution is -2.13. The van der Waals surface area contributed by atoms with E-state index in [0.29, 0.717) is 39.8 Å². The molecule has 0 aliphatic carbocycles. The van der Waals surface area contributed by atoms with Crippen molar-refractivity contribution in [2.24, 2.45) is 0 Å². The second-order valence-corrected chi connectivity index (χ2v) is 6.66. The van der Waals surface area contributed by atoms with Gasteiger partial charge in [-0.1, -0.05) is 13.0 Å². The van der Waals surface area contributed by atoms with E-state index >= 15 is 0 Å². The van der Waals surface area contributed by atoms with Gasteiger partial charge in [-0.15, -0.1) is 0 Å². The third-order valence-electron chi connectivity index (χ3n) is 4.55. The van der Waals surface area contributed by atoms with Crippen molar-refractivity contribution in [3.05, 3.63) is 65.9 Å². The number of furan rings is 1. The number of carbonyl (C=O) groups is 1. The molecule has 0 aliphatic heterocycles. The summed E-state index contributed by atoms with van der Waals surface area (Å²) in [4.78, 5) is 12.7. The van der Waals surface area contributed by atoms with Gasteiger partial charge in [-0.3, -0.25) is 4.79 Å². The molecular formula is C23H25NO5. The van der Waals surface area contributed by atoms with Crippen molar-refractivity contribution in [2.75, 3.05) is 12.4 Å². The smallest absolute Gasteiger partial charge is 0.255 e. The summed E-state index contributed by atoms with van der Waals surface area (Å²) in [5, 5.41) is 12.1. The SMILES string of the molecule is CC[C@@H](C)Oc1cccc(C(=O)Nc2ccc(OC)c(-c3ccc(CO)o3)c2)c1. The molecule has 3 rings (SSSR count). The summed E-state index contributed by atoms with van der Waals surface area (Å²) in [6.07, 6.45) is 0.963. The van der Waals surface area contributed by atoms with Gasteiger partial charge in [0.25, 0.3) is 5.91 Å². The van der Waals surface area contributed by atoms with Gasteiger partial charge < -0.3 is 24.3 Å². The molecule has 29 heavy (non-hydrogen) atoms. The molecule has 1 amide bonds. The molecule has 0 saturated carbocycles. The molecule has 0 bridgehead atoms. The largest absolute Gasteiger partial charge is 0.496 e. The predicted molar refractivity (Wildman–Crippen MR) is 111 cm³/mol. The van der Waals surface area contributed by atoms with Gasteiger partial charge in [0.05, 0.1) is 18.8 Å². The quantitative estimate of drug-likeness (QED) is 0.568. The zero-order chi connectivity index (χ0) is 20.8. The zero-order valence-corrected chi connectivity index (χ0v) is 16.8. The summed E-state index contributed by atoms with van der Waals surface area (Å²) in [6, 6.07) is 15.8. The minimum Gasteiger partial charge on any atom is -0.496 e. The van der Waals surface area contributed by atoms with Crippen LogP contribution in [0.4, 0.5) is 5.69 Å². The van der Waals surface area contributed by atoms with Crippen LogP contribution in [-0.2, 0) is 6.61 Å². The van der Waals surface area contributed by atoms with Crippen molar-refractivity contribution in [3.8, 4) is 22.8 Å². The van der Waals surface area contributed by atoms with E-state index in [1.807, 2.05) is 19.9 Å². The van der Waals surface area contributed by atoms with Crippen molar-refractivity contribution in [1.29, 1.82) is 0 Å². The number of hydrogen-bond acceptors (Lipinski definition) is 5. The summed E-state index contributed by atoms with van der Waals surface area (Å²) >= 11 is 0. The second kappa shape index (κ2) is 9.30. The Morgan fingerprint density at radius 1 is 1.17 bits per heavy atom. The summed E-state index contributed by atoms with van der Waals surface area (Å²) in [5.41, 5.74) is 1.78. The normalized spacial score (nSPS) is 11.7. The van der Waals surface area contributed by atoms with Gasteiger partial charge in [-0.2, -0.15) is 0 Å². The molecular weight excluding hydrogens is 370 g/mol. The molecule has 0 spiro atoms. The molecule has 2 aromatic carbocycles. The highest BCUT2D eigenvalue weighted by Gasteiger charge is 2.14. The first-order chi connectivity index (χ1) is 14.0. The summed E-state index contributed by atoms with van der Waals surface area (Å²) < 4.78 is 16.8. The third-order valence-corrected chi connectivity index (χ3v) is 4.55. The maximum Gasteiger partial charge on any atom is 0.255 e. The van der Waals surface area contributed by atoms with E-state index in [4.69, 9.17) is 13.9 Å². The topological polar surface area (TPSA) is 80.9 Å². The molecule has 0 fully saturated rings. The van der Waals surface area contributed by atoms with E-state index in [-0.39, 0.29) is 18.6 Å². The highest BCUT2D eigenvalue weighted by Crippen LogP contribution is 2.34. The highest BCUT2D eigenvalue weighted by molar-refractivity contribution is 6.04. The van der Waals surface area contributed by atoms with Crippen LogP contribution in [0.5, 0.6) is 11.5 Å². The first-order valence-electron chi connectivity index (χ1n) is 9.50. The number of hydrogen-bond donors (Lipinski definition) is 2.